The van der Waals surface area contributed by atoms with E-state index in [0.29, 0.717) is 24.8 Å². The van der Waals surface area contributed by atoms with E-state index in [2.05, 4.69) is 5.32 Å². The lowest BCUT2D eigenvalue weighted by Crippen LogP contribution is -2.45. The van der Waals surface area contributed by atoms with Gasteiger partial charge in [0, 0.05) is 5.92 Å². The predicted molar refractivity (Wildman–Crippen MR) is 65.8 cm³/mol. The maximum Gasteiger partial charge on any atom is 0.240 e. The Hall–Kier alpha value is -1.10. The Bertz CT molecular complexity index is 291. The number of carbonyl (C=O) groups is 2. The van der Waals surface area contributed by atoms with Gasteiger partial charge >= 0.3 is 0 Å². The van der Waals surface area contributed by atoms with Crippen molar-refractivity contribution in [2.75, 3.05) is 6.54 Å². The van der Waals surface area contributed by atoms with Gasteiger partial charge in [-0.25, -0.2) is 0 Å². The van der Waals surface area contributed by atoms with Crippen molar-refractivity contribution in [3.63, 3.8) is 0 Å². The van der Waals surface area contributed by atoms with Crippen molar-refractivity contribution in [2.24, 2.45) is 29.2 Å². The number of amides is 2. The summed E-state index contributed by atoms with van der Waals surface area (Å²) >= 11 is 0. The van der Waals surface area contributed by atoms with Crippen LogP contribution in [-0.4, -0.2) is 24.4 Å². The van der Waals surface area contributed by atoms with Gasteiger partial charge < -0.3 is 16.8 Å². The first kappa shape index (κ1) is 14.0. The van der Waals surface area contributed by atoms with Gasteiger partial charge in [-0.1, -0.05) is 13.8 Å². The second-order valence-electron chi connectivity index (χ2n) is 5.27. The third-order valence-corrected chi connectivity index (χ3v) is 3.16. The van der Waals surface area contributed by atoms with Gasteiger partial charge in [-0.2, -0.15) is 0 Å². The molecule has 0 radical (unpaired) electrons. The molecule has 0 aromatic carbocycles. The van der Waals surface area contributed by atoms with Crippen molar-refractivity contribution in [3.8, 4) is 0 Å². The fourth-order valence-electron chi connectivity index (χ4n) is 2.10. The van der Waals surface area contributed by atoms with E-state index in [0.717, 1.165) is 12.8 Å². The van der Waals surface area contributed by atoms with E-state index in [-0.39, 0.29) is 11.8 Å². The molecule has 2 amide bonds. The highest BCUT2D eigenvalue weighted by Crippen LogP contribution is 2.41. The van der Waals surface area contributed by atoms with Crippen molar-refractivity contribution < 1.29 is 9.59 Å². The number of nitrogens with one attached hydrogen (secondary N) is 1. The number of hydrogen-bond acceptors (Lipinski definition) is 3. The number of primary amides is 1. The van der Waals surface area contributed by atoms with Gasteiger partial charge in [0.1, 0.15) is 6.04 Å². The largest absolute Gasteiger partial charge is 0.368 e. The quantitative estimate of drug-likeness (QED) is 0.584. The van der Waals surface area contributed by atoms with Crippen LogP contribution in [0.3, 0.4) is 0 Å². The molecule has 1 aliphatic carbocycles. The molecule has 1 unspecified atom stereocenters. The number of hydrogen-bond donors (Lipinski definition) is 3. The first-order valence-electron chi connectivity index (χ1n) is 6.25. The molecule has 1 saturated carbocycles. The molecule has 0 spiro atoms. The zero-order chi connectivity index (χ0) is 13.0. The average molecular weight is 241 g/mol. The zero-order valence-electron chi connectivity index (χ0n) is 10.6. The first-order chi connectivity index (χ1) is 7.95. The minimum Gasteiger partial charge on any atom is -0.368 e. The molecule has 1 rings (SSSR count). The Morgan fingerprint density at radius 2 is 2.06 bits per heavy atom. The van der Waals surface area contributed by atoms with Crippen LogP contribution < -0.4 is 16.8 Å². The van der Waals surface area contributed by atoms with Crippen molar-refractivity contribution in [3.05, 3.63) is 0 Å². The minimum absolute atomic E-state index is 0.0348. The summed E-state index contributed by atoms with van der Waals surface area (Å²) in [7, 11) is 0. The Balaban J connectivity index is 2.40. The van der Waals surface area contributed by atoms with Gasteiger partial charge in [0.15, 0.2) is 0 Å². The second kappa shape index (κ2) is 6.00. The fourth-order valence-corrected chi connectivity index (χ4v) is 2.10. The summed E-state index contributed by atoms with van der Waals surface area (Å²) in [6.45, 7) is 4.60. The third-order valence-electron chi connectivity index (χ3n) is 3.16. The molecule has 0 aromatic heterocycles. The molecule has 3 atom stereocenters. The topological polar surface area (TPSA) is 98.2 Å². The van der Waals surface area contributed by atoms with Crippen LogP contribution in [0.1, 0.15) is 33.1 Å². The van der Waals surface area contributed by atoms with E-state index in [1.165, 1.54) is 0 Å². The molecule has 5 nitrogen and oxygen atoms in total. The molecule has 0 aromatic rings. The van der Waals surface area contributed by atoms with Gasteiger partial charge in [-0.15, -0.1) is 0 Å². The third kappa shape index (κ3) is 4.34. The van der Waals surface area contributed by atoms with E-state index >= 15 is 0 Å². The van der Waals surface area contributed by atoms with Gasteiger partial charge in [0.2, 0.25) is 11.8 Å². The van der Waals surface area contributed by atoms with Gasteiger partial charge in [0.25, 0.3) is 0 Å². The smallest absolute Gasteiger partial charge is 0.240 e. The van der Waals surface area contributed by atoms with Crippen molar-refractivity contribution in [1.29, 1.82) is 0 Å². The van der Waals surface area contributed by atoms with Crippen molar-refractivity contribution in [1.82, 2.24) is 5.32 Å². The number of rotatable bonds is 7. The van der Waals surface area contributed by atoms with E-state index in [1.54, 1.807) is 0 Å². The van der Waals surface area contributed by atoms with Crippen LogP contribution in [0.4, 0.5) is 0 Å². The van der Waals surface area contributed by atoms with Crippen LogP contribution in [-0.2, 0) is 9.59 Å². The molecule has 0 saturated heterocycles. The van der Waals surface area contributed by atoms with Gasteiger partial charge in [-0.3, -0.25) is 9.59 Å². The summed E-state index contributed by atoms with van der Waals surface area (Å²) in [6, 6.07) is -0.540. The van der Waals surface area contributed by atoms with Crippen LogP contribution >= 0.6 is 0 Å². The second-order valence-corrected chi connectivity index (χ2v) is 5.27. The fraction of sp³-hybridized carbons (Fsp3) is 0.833. The highest BCUT2D eigenvalue weighted by molar-refractivity contribution is 5.88. The monoisotopic (exact) mass is 241 g/mol. The Morgan fingerprint density at radius 1 is 1.41 bits per heavy atom. The number of nitrogens with two attached hydrogens (primary N) is 2. The summed E-state index contributed by atoms with van der Waals surface area (Å²) in [4.78, 5) is 23.0. The number of carbonyl (C=O) groups excluding carboxylic acids is 2. The molecule has 98 valence electrons. The van der Waals surface area contributed by atoms with E-state index in [1.807, 2.05) is 13.8 Å². The van der Waals surface area contributed by atoms with Crippen LogP contribution in [0.5, 0.6) is 0 Å². The molecule has 17 heavy (non-hydrogen) atoms. The van der Waals surface area contributed by atoms with E-state index < -0.39 is 11.9 Å². The normalized spacial score (nSPS) is 24.5. The van der Waals surface area contributed by atoms with E-state index in [4.69, 9.17) is 11.5 Å². The van der Waals surface area contributed by atoms with Gasteiger partial charge in [-0.05, 0) is 37.6 Å². The van der Waals surface area contributed by atoms with Crippen LogP contribution in [0.2, 0.25) is 0 Å². The van der Waals surface area contributed by atoms with Crippen molar-refractivity contribution >= 4 is 11.8 Å². The molecule has 0 heterocycles. The minimum atomic E-state index is -0.540. The van der Waals surface area contributed by atoms with E-state index in [9.17, 15) is 9.59 Å². The standard InChI is InChI=1S/C12H23N3O2/c1-7(2)5-10(11(14)16)15-12(17)9-6-8(9)3-4-13/h7-10H,3-6,13H2,1-2H3,(H2,14,16)(H,15,17)/t8?,9-,10-/m0/s1. The molecular formula is C12H23N3O2. The summed E-state index contributed by atoms with van der Waals surface area (Å²) < 4.78 is 0. The molecule has 1 fully saturated rings. The van der Waals surface area contributed by atoms with Crippen molar-refractivity contribution in [2.45, 2.75) is 39.2 Å². The Kier molecular flexibility index (Phi) is 4.93. The lowest BCUT2D eigenvalue weighted by Gasteiger charge is -2.17. The lowest BCUT2D eigenvalue weighted by atomic mass is 10.0. The first-order valence-corrected chi connectivity index (χ1v) is 6.25. The van der Waals surface area contributed by atoms with Gasteiger partial charge in [0.05, 0.1) is 0 Å². The molecule has 1 aliphatic rings. The Labute approximate surface area is 102 Å². The lowest BCUT2D eigenvalue weighted by molar-refractivity contribution is -0.128. The SMILES string of the molecule is CC(C)C[C@H](NC(=O)[C@H]1CC1CCN)C(N)=O. The van der Waals surface area contributed by atoms with Crippen LogP contribution in [0, 0.1) is 17.8 Å². The van der Waals surface area contributed by atoms with Crippen LogP contribution in [0.15, 0.2) is 0 Å². The molecule has 5 heteroatoms. The Morgan fingerprint density at radius 3 is 2.53 bits per heavy atom. The summed E-state index contributed by atoms with van der Waals surface area (Å²) in [5.41, 5.74) is 10.7. The molecular weight excluding hydrogens is 218 g/mol. The maximum absolute atomic E-state index is 11.8. The predicted octanol–water partition coefficient (Wildman–Crippen LogP) is -0.0125. The summed E-state index contributed by atoms with van der Waals surface area (Å²) in [5.74, 6) is 0.253. The molecule has 5 N–H and O–H groups in total. The van der Waals surface area contributed by atoms with Crippen LogP contribution in [0.25, 0.3) is 0 Å². The highest BCUT2D eigenvalue weighted by Gasteiger charge is 2.42. The molecule has 0 aliphatic heterocycles. The maximum atomic E-state index is 11.8. The highest BCUT2D eigenvalue weighted by atomic mass is 16.2. The summed E-state index contributed by atoms with van der Waals surface area (Å²) in [5, 5.41) is 2.74. The summed E-state index contributed by atoms with van der Waals surface area (Å²) in [6.07, 6.45) is 2.36. The average Bonchev–Trinajstić information content (AvgIpc) is 2.96. The zero-order valence-corrected chi connectivity index (χ0v) is 10.6. The molecule has 0 bridgehead atoms.